The van der Waals surface area contributed by atoms with Crippen LogP contribution in [-0.2, 0) is 10.5 Å². The van der Waals surface area contributed by atoms with Crippen molar-refractivity contribution >= 4 is 45.6 Å². The van der Waals surface area contributed by atoms with Crippen LogP contribution >= 0.6 is 23.1 Å². The summed E-state index contributed by atoms with van der Waals surface area (Å²) in [6, 6.07) is 5.74. The van der Waals surface area contributed by atoms with E-state index in [4.69, 9.17) is 16.2 Å². The molecular weight excluding hydrogens is 568 g/mol. The van der Waals surface area contributed by atoms with Gasteiger partial charge in [0.25, 0.3) is 0 Å². The summed E-state index contributed by atoms with van der Waals surface area (Å²) in [7, 11) is 1.46. The van der Waals surface area contributed by atoms with E-state index in [-0.39, 0.29) is 28.4 Å². The third-order valence-electron chi connectivity index (χ3n) is 7.63. The lowest BCUT2D eigenvalue weighted by Crippen LogP contribution is -2.57. The van der Waals surface area contributed by atoms with Gasteiger partial charge in [0.1, 0.15) is 23.1 Å². The first-order valence-electron chi connectivity index (χ1n) is 13.4. The molecule has 2 saturated heterocycles. The Hall–Kier alpha value is -3.41. The number of methoxy groups -OCH3 is 1. The lowest BCUT2D eigenvalue weighted by Gasteiger charge is -2.48. The third-order valence-corrected chi connectivity index (χ3v) is 10.3. The van der Waals surface area contributed by atoms with E-state index in [0.29, 0.717) is 49.0 Å². The van der Waals surface area contributed by atoms with Gasteiger partial charge >= 0.3 is 6.01 Å². The van der Waals surface area contributed by atoms with E-state index in [1.807, 2.05) is 29.7 Å². The van der Waals surface area contributed by atoms with Crippen LogP contribution in [-0.4, -0.2) is 61.0 Å². The van der Waals surface area contributed by atoms with E-state index in [1.165, 1.54) is 18.4 Å². The van der Waals surface area contributed by atoms with Crippen LogP contribution < -0.4 is 31.3 Å². The Morgan fingerprint density at radius 2 is 2.15 bits per heavy atom. The minimum Gasteiger partial charge on any atom is -0.467 e. The lowest BCUT2D eigenvalue weighted by atomic mass is 9.88. The molecule has 6 rings (SSSR count). The second-order valence-corrected chi connectivity index (χ2v) is 12.6. The number of nitrogens with two attached hydrogens (primary N) is 2. The first kappa shape index (κ1) is 29.1. The van der Waals surface area contributed by atoms with Crippen molar-refractivity contribution in [2.75, 3.05) is 61.1 Å². The molecule has 218 valence electrons. The van der Waals surface area contributed by atoms with Crippen molar-refractivity contribution in [1.29, 1.82) is 5.26 Å². The van der Waals surface area contributed by atoms with Gasteiger partial charge in [0.05, 0.1) is 23.5 Å². The van der Waals surface area contributed by atoms with E-state index in [2.05, 4.69) is 26.3 Å². The van der Waals surface area contributed by atoms with Crippen molar-refractivity contribution < 1.29 is 13.5 Å². The molecule has 0 amide bonds. The minimum absolute atomic E-state index is 0.0828. The Morgan fingerprint density at radius 1 is 1.37 bits per heavy atom. The van der Waals surface area contributed by atoms with Crippen LogP contribution in [0.1, 0.15) is 47.9 Å². The van der Waals surface area contributed by atoms with Crippen LogP contribution in [0.4, 0.5) is 31.2 Å². The predicted molar refractivity (Wildman–Crippen MR) is 160 cm³/mol. The number of thiophene rings is 1. The summed E-state index contributed by atoms with van der Waals surface area (Å²) in [5.41, 5.74) is 14.5. The molecule has 0 bridgehead atoms. The number of anilines is 4. The Bertz CT molecular complexity index is 1450. The van der Waals surface area contributed by atoms with Crippen LogP contribution in [0.15, 0.2) is 18.3 Å². The second-order valence-electron chi connectivity index (χ2n) is 10.1. The largest absolute Gasteiger partial charge is 0.467 e. The monoisotopic (exact) mass is 601 g/mol. The number of aromatic nitrogens is 3. The van der Waals surface area contributed by atoms with Gasteiger partial charge in [-0.05, 0) is 32.9 Å². The van der Waals surface area contributed by atoms with Crippen LogP contribution in [0, 0.1) is 17.1 Å². The number of nitrogen functional groups attached to an aromatic ring is 2. The number of nitrogens with one attached hydrogen (secondary N) is 1. The SMILES string of the molecule is CCN(c1nc(OC)nc(N2CC3(C2)SCc2sc(N)c(C#N)c23)c1F)C(C)c1cccnc1N.FC1CCNC1. The van der Waals surface area contributed by atoms with Crippen molar-refractivity contribution in [2.45, 2.75) is 43.0 Å². The topological polar surface area (TPSA) is 142 Å². The number of fused-ring (bicyclic) bond motifs is 2. The van der Waals surface area contributed by atoms with Gasteiger partial charge in [0, 0.05) is 54.1 Å². The summed E-state index contributed by atoms with van der Waals surface area (Å²) < 4.78 is 32.9. The molecule has 6 heterocycles. The average Bonchev–Trinajstić information content (AvgIpc) is 3.65. The summed E-state index contributed by atoms with van der Waals surface area (Å²) >= 11 is 3.24. The number of halogens is 2. The normalized spacial score (nSPS) is 19.1. The molecule has 3 aliphatic rings. The van der Waals surface area contributed by atoms with Gasteiger partial charge in [0.2, 0.25) is 5.82 Å². The Kier molecular flexibility index (Phi) is 8.40. The maximum Gasteiger partial charge on any atom is 0.320 e. The molecule has 0 aromatic carbocycles. The fourth-order valence-electron chi connectivity index (χ4n) is 5.51. The van der Waals surface area contributed by atoms with E-state index in [1.54, 1.807) is 24.0 Å². The Labute approximate surface area is 246 Å². The molecule has 2 atom stereocenters. The van der Waals surface area contributed by atoms with Gasteiger partial charge < -0.3 is 31.3 Å². The number of nitrogens with zero attached hydrogens (tertiary/aromatic N) is 6. The van der Waals surface area contributed by atoms with Crippen LogP contribution in [0.2, 0.25) is 0 Å². The van der Waals surface area contributed by atoms with E-state index in [9.17, 15) is 9.65 Å². The number of rotatable bonds is 6. The molecule has 3 aliphatic heterocycles. The number of alkyl halides is 1. The Balaban J connectivity index is 0.000000500. The van der Waals surface area contributed by atoms with Gasteiger partial charge in [-0.15, -0.1) is 23.1 Å². The van der Waals surface area contributed by atoms with Gasteiger partial charge in [-0.3, -0.25) is 0 Å². The summed E-state index contributed by atoms with van der Waals surface area (Å²) in [4.78, 5) is 17.7. The maximum atomic E-state index is 16.0. The molecule has 41 heavy (non-hydrogen) atoms. The molecule has 2 fully saturated rings. The predicted octanol–water partition coefficient (Wildman–Crippen LogP) is 3.98. The molecule has 0 saturated carbocycles. The fraction of sp³-hybridized carbons (Fsp3) is 0.481. The van der Waals surface area contributed by atoms with Crippen molar-refractivity contribution in [3.05, 3.63) is 45.7 Å². The zero-order valence-electron chi connectivity index (χ0n) is 23.2. The van der Waals surface area contributed by atoms with Crippen molar-refractivity contribution in [3.8, 4) is 12.1 Å². The van der Waals surface area contributed by atoms with Crippen molar-refractivity contribution in [1.82, 2.24) is 20.3 Å². The van der Waals surface area contributed by atoms with E-state index < -0.39 is 12.0 Å². The quantitative estimate of drug-likeness (QED) is 0.378. The number of nitriles is 1. The van der Waals surface area contributed by atoms with Crippen LogP contribution in [0.25, 0.3) is 0 Å². The van der Waals surface area contributed by atoms with Crippen molar-refractivity contribution in [2.24, 2.45) is 0 Å². The molecule has 2 unspecified atom stereocenters. The number of thioether (sulfide) groups is 1. The number of ether oxygens (including phenoxy) is 1. The Morgan fingerprint density at radius 3 is 2.73 bits per heavy atom. The lowest BCUT2D eigenvalue weighted by molar-refractivity contribution is 0.361. The summed E-state index contributed by atoms with van der Waals surface area (Å²) in [6.45, 7) is 6.81. The van der Waals surface area contributed by atoms with Gasteiger partial charge in [-0.25, -0.2) is 9.37 Å². The highest BCUT2D eigenvalue weighted by Gasteiger charge is 2.53. The van der Waals surface area contributed by atoms with Gasteiger partial charge in [0.15, 0.2) is 11.6 Å². The maximum absolute atomic E-state index is 16.0. The molecule has 1 spiro atoms. The highest BCUT2D eigenvalue weighted by Crippen LogP contribution is 2.58. The molecular formula is C27H33F2N9OS2. The molecule has 10 nitrogen and oxygen atoms in total. The smallest absolute Gasteiger partial charge is 0.320 e. The summed E-state index contributed by atoms with van der Waals surface area (Å²) in [5, 5.41) is 13.1. The second kappa shape index (κ2) is 11.8. The molecule has 14 heteroatoms. The van der Waals surface area contributed by atoms with Crippen LogP contribution in [0.5, 0.6) is 6.01 Å². The molecule has 0 aliphatic carbocycles. The molecule has 3 aromatic rings. The number of hydrogen-bond acceptors (Lipinski definition) is 12. The average molecular weight is 602 g/mol. The van der Waals surface area contributed by atoms with Gasteiger partial charge in [-0.2, -0.15) is 19.6 Å². The van der Waals surface area contributed by atoms with Crippen LogP contribution in [0.3, 0.4) is 0 Å². The van der Waals surface area contributed by atoms with Crippen molar-refractivity contribution in [3.63, 3.8) is 0 Å². The number of pyridine rings is 1. The first-order chi connectivity index (χ1) is 19.7. The summed E-state index contributed by atoms with van der Waals surface area (Å²) in [6.07, 6.45) is 1.77. The zero-order chi connectivity index (χ0) is 29.3. The highest BCUT2D eigenvalue weighted by molar-refractivity contribution is 8.00. The van der Waals surface area contributed by atoms with Gasteiger partial charge in [-0.1, -0.05) is 6.07 Å². The molecule has 0 radical (unpaired) electrons. The molecule has 5 N–H and O–H groups in total. The highest BCUT2D eigenvalue weighted by atomic mass is 32.2. The third kappa shape index (κ3) is 5.33. The minimum atomic E-state index is -0.565. The fourth-order valence-corrected chi connectivity index (χ4v) is 8.32. The summed E-state index contributed by atoms with van der Waals surface area (Å²) in [5.74, 6) is 0.989. The molecule has 3 aromatic heterocycles. The first-order valence-corrected chi connectivity index (χ1v) is 15.2. The van der Waals surface area contributed by atoms with E-state index >= 15 is 4.39 Å². The standard InChI is InChI=1S/C23H25FN8OS2.C4H8FN/c1-4-32(12(2)13-6-5-7-28-18(13)26)21-17(24)20(29-22(30-21)33-3)31-10-23(11-31)16-14(8-25)19(27)35-15(16)9-34-23;5-4-1-2-6-3-4/h5-7,12H,4,9-11,27H2,1-3H3,(H2,26,28);4,6H,1-3H2. The van der Waals surface area contributed by atoms with E-state index in [0.717, 1.165) is 28.3 Å². The number of hydrogen-bond donors (Lipinski definition) is 3. The zero-order valence-corrected chi connectivity index (χ0v) is 24.8.